The third-order valence-corrected chi connectivity index (χ3v) is 4.26. The van der Waals surface area contributed by atoms with Crippen LogP contribution in [-0.2, 0) is 11.2 Å². The number of aryl methyl sites for hydroxylation is 1. The molecule has 1 aliphatic heterocycles. The third-order valence-electron chi connectivity index (χ3n) is 4.26. The molecule has 1 saturated heterocycles. The lowest BCUT2D eigenvalue weighted by Crippen LogP contribution is -2.41. The fourth-order valence-electron chi connectivity index (χ4n) is 2.98. The van der Waals surface area contributed by atoms with Gasteiger partial charge in [-0.1, -0.05) is 12.1 Å². The Balaban J connectivity index is 1.66. The summed E-state index contributed by atoms with van der Waals surface area (Å²) < 4.78 is 18.3. The first-order valence-electron chi connectivity index (χ1n) is 8.56. The van der Waals surface area contributed by atoms with Crippen LogP contribution < -0.4 is 0 Å². The number of halogens is 1. The molecule has 1 aliphatic rings. The maximum atomic E-state index is 12.9. The summed E-state index contributed by atoms with van der Waals surface area (Å²) in [6, 6.07) is 6.77. The first kappa shape index (κ1) is 17.8. The van der Waals surface area contributed by atoms with Crippen molar-refractivity contribution in [2.45, 2.75) is 58.5 Å². The topological polar surface area (TPSA) is 29.5 Å². The molecule has 128 valence electrons. The van der Waals surface area contributed by atoms with E-state index >= 15 is 0 Å². The lowest BCUT2D eigenvalue weighted by Gasteiger charge is -2.33. The van der Waals surface area contributed by atoms with Gasteiger partial charge < -0.3 is 9.64 Å². The van der Waals surface area contributed by atoms with Gasteiger partial charge in [0.05, 0.1) is 0 Å². The standard InChI is InChI=1S/C19H28FNO2/c1-19(2,3)23-18(22)21-13-11-16(12-14-21)6-4-5-15-7-9-17(20)10-8-15/h7-10,16H,4-6,11-14H2,1-3H3. The number of benzene rings is 1. The summed E-state index contributed by atoms with van der Waals surface area (Å²) in [5, 5.41) is 0. The van der Waals surface area contributed by atoms with Gasteiger partial charge in [0, 0.05) is 13.1 Å². The molecule has 1 aromatic carbocycles. The molecular formula is C19H28FNO2. The van der Waals surface area contributed by atoms with E-state index in [0.29, 0.717) is 5.92 Å². The normalized spacial score (nSPS) is 16.4. The first-order chi connectivity index (χ1) is 10.8. The molecule has 1 heterocycles. The molecule has 1 fully saturated rings. The van der Waals surface area contributed by atoms with Crippen molar-refractivity contribution < 1.29 is 13.9 Å². The van der Waals surface area contributed by atoms with Crippen LogP contribution >= 0.6 is 0 Å². The molecule has 0 aliphatic carbocycles. The van der Waals surface area contributed by atoms with Gasteiger partial charge in [-0.25, -0.2) is 9.18 Å². The van der Waals surface area contributed by atoms with Crippen LogP contribution in [0.1, 0.15) is 52.0 Å². The highest BCUT2D eigenvalue weighted by Crippen LogP contribution is 2.24. The van der Waals surface area contributed by atoms with Crippen molar-refractivity contribution in [3.05, 3.63) is 35.6 Å². The second kappa shape index (κ2) is 7.80. The predicted molar refractivity (Wildman–Crippen MR) is 89.9 cm³/mol. The lowest BCUT2D eigenvalue weighted by molar-refractivity contribution is 0.0180. The Morgan fingerprint density at radius 2 is 1.83 bits per heavy atom. The maximum Gasteiger partial charge on any atom is 0.410 e. The number of ether oxygens (including phenoxy) is 1. The quantitative estimate of drug-likeness (QED) is 0.797. The summed E-state index contributed by atoms with van der Waals surface area (Å²) in [6.07, 6.45) is 5.17. The Morgan fingerprint density at radius 1 is 1.22 bits per heavy atom. The van der Waals surface area contributed by atoms with E-state index in [9.17, 15) is 9.18 Å². The number of rotatable bonds is 4. The van der Waals surface area contributed by atoms with Crippen molar-refractivity contribution in [1.82, 2.24) is 4.90 Å². The summed E-state index contributed by atoms with van der Waals surface area (Å²) in [6.45, 7) is 7.26. The Bertz CT molecular complexity index is 499. The fraction of sp³-hybridized carbons (Fsp3) is 0.632. The van der Waals surface area contributed by atoms with E-state index in [1.54, 1.807) is 0 Å². The minimum Gasteiger partial charge on any atom is -0.444 e. The minimum absolute atomic E-state index is 0.178. The zero-order chi connectivity index (χ0) is 16.9. The van der Waals surface area contributed by atoms with Crippen molar-refractivity contribution in [1.29, 1.82) is 0 Å². The van der Waals surface area contributed by atoms with Gasteiger partial charge in [-0.05, 0) is 76.5 Å². The van der Waals surface area contributed by atoms with Crippen LogP contribution in [0.2, 0.25) is 0 Å². The van der Waals surface area contributed by atoms with Gasteiger partial charge in [0.1, 0.15) is 11.4 Å². The Labute approximate surface area is 138 Å². The number of nitrogens with zero attached hydrogens (tertiary/aromatic N) is 1. The van der Waals surface area contributed by atoms with E-state index in [2.05, 4.69) is 0 Å². The largest absolute Gasteiger partial charge is 0.444 e. The zero-order valence-corrected chi connectivity index (χ0v) is 14.5. The molecule has 0 unspecified atom stereocenters. The average Bonchev–Trinajstić information content (AvgIpc) is 2.48. The maximum absolute atomic E-state index is 12.9. The van der Waals surface area contributed by atoms with E-state index in [1.807, 2.05) is 37.8 Å². The van der Waals surface area contributed by atoms with Crippen molar-refractivity contribution in [3.63, 3.8) is 0 Å². The second-order valence-corrected chi connectivity index (χ2v) is 7.43. The number of amides is 1. The molecule has 0 spiro atoms. The van der Waals surface area contributed by atoms with Crippen LogP contribution in [0.5, 0.6) is 0 Å². The number of carbonyl (C=O) groups is 1. The molecular weight excluding hydrogens is 293 g/mol. The summed E-state index contributed by atoms with van der Waals surface area (Å²) >= 11 is 0. The van der Waals surface area contributed by atoms with Crippen molar-refractivity contribution >= 4 is 6.09 Å². The van der Waals surface area contributed by atoms with Crippen molar-refractivity contribution in [2.75, 3.05) is 13.1 Å². The highest BCUT2D eigenvalue weighted by Gasteiger charge is 2.26. The van der Waals surface area contributed by atoms with E-state index in [-0.39, 0.29) is 11.9 Å². The Morgan fingerprint density at radius 3 is 2.39 bits per heavy atom. The monoisotopic (exact) mass is 321 g/mol. The van der Waals surface area contributed by atoms with Gasteiger partial charge in [0.25, 0.3) is 0 Å². The third kappa shape index (κ3) is 6.20. The van der Waals surface area contributed by atoms with E-state index < -0.39 is 5.60 Å². The van der Waals surface area contributed by atoms with Crippen LogP contribution in [0.3, 0.4) is 0 Å². The van der Waals surface area contributed by atoms with Gasteiger partial charge in [0.15, 0.2) is 0 Å². The predicted octanol–water partition coefficient (Wildman–Crippen LogP) is 4.80. The Kier molecular flexibility index (Phi) is 6.03. The molecule has 0 atom stereocenters. The van der Waals surface area contributed by atoms with Gasteiger partial charge in [-0.15, -0.1) is 0 Å². The van der Waals surface area contributed by atoms with Crippen molar-refractivity contribution in [2.24, 2.45) is 5.92 Å². The van der Waals surface area contributed by atoms with Crippen LogP contribution in [0.4, 0.5) is 9.18 Å². The van der Waals surface area contributed by atoms with E-state index in [4.69, 9.17) is 4.74 Å². The molecule has 1 aromatic rings. The van der Waals surface area contributed by atoms with Crippen LogP contribution in [0.15, 0.2) is 24.3 Å². The minimum atomic E-state index is -0.427. The highest BCUT2D eigenvalue weighted by atomic mass is 19.1. The SMILES string of the molecule is CC(C)(C)OC(=O)N1CCC(CCCc2ccc(F)cc2)CC1. The number of piperidine rings is 1. The lowest BCUT2D eigenvalue weighted by atomic mass is 9.91. The number of hydrogen-bond donors (Lipinski definition) is 0. The van der Waals surface area contributed by atoms with Crippen molar-refractivity contribution in [3.8, 4) is 0 Å². The van der Waals surface area contributed by atoms with Gasteiger partial charge in [-0.3, -0.25) is 0 Å². The number of carbonyl (C=O) groups excluding carboxylic acids is 1. The molecule has 0 radical (unpaired) electrons. The van der Waals surface area contributed by atoms with Crippen LogP contribution in [0, 0.1) is 11.7 Å². The zero-order valence-electron chi connectivity index (χ0n) is 14.5. The molecule has 4 heteroatoms. The molecule has 0 N–H and O–H groups in total. The summed E-state index contributed by atoms with van der Waals surface area (Å²) in [5.41, 5.74) is 0.765. The first-order valence-corrected chi connectivity index (χ1v) is 8.56. The van der Waals surface area contributed by atoms with Gasteiger partial charge in [0.2, 0.25) is 0 Å². The van der Waals surface area contributed by atoms with Crippen LogP contribution in [0.25, 0.3) is 0 Å². The number of likely N-dealkylation sites (tertiary alicyclic amines) is 1. The summed E-state index contributed by atoms with van der Waals surface area (Å²) in [5.74, 6) is 0.498. The second-order valence-electron chi connectivity index (χ2n) is 7.43. The molecule has 2 rings (SSSR count). The molecule has 3 nitrogen and oxygen atoms in total. The van der Waals surface area contributed by atoms with Gasteiger partial charge >= 0.3 is 6.09 Å². The fourth-order valence-corrected chi connectivity index (χ4v) is 2.98. The molecule has 23 heavy (non-hydrogen) atoms. The van der Waals surface area contributed by atoms with Crippen LogP contribution in [-0.4, -0.2) is 29.7 Å². The molecule has 0 bridgehead atoms. The highest BCUT2D eigenvalue weighted by molar-refractivity contribution is 5.68. The summed E-state index contributed by atoms with van der Waals surface area (Å²) in [4.78, 5) is 13.8. The molecule has 1 amide bonds. The van der Waals surface area contributed by atoms with Gasteiger partial charge in [-0.2, -0.15) is 0 Å². The molecule has 0 aromatic heterocycles. The summed E-state index contributed by atoms with van der Waals surface area (Å²) in [7, 11) is 0. The average molecular weight is 321 g/mol. The molecule has 0 saturated carbocycles. The smallest absolute Gasteiger partial charge is 0.410 e. The van der Waals surface area contributed by atoms with E-state index in [1.165, 1.54) is 24.1 Å². The van der Waals surface area contributed by atoms with E-state index in [0.717, 1.165) is 38.8 Å². The number of hydrogen-bond acceptors (Lipinski definition) is 2. The Hall–Kier alpha value is -1.58.